The van der Waals surface area contributed by atoms with Gasteiger partial charge in [-0.2, -0.15) is 0 Å². The summed E-state index contributed by atoms with van der Waals surface area (Å²) in [6.07, 6.45) is 1.44. The first-order valence-electron chi connectivity index (χ1n) is 9.42. The molecule has 0 bridgehead atoms. The van der Waals surface area contributed by atoms with Crippen LogP contribution in [0.1, 0.15) is 28.7 Å². The third kappa shape index (κ3) is 3.29. The summed E-state index contributed by atoms with van der Waals surface area (Å²) < 4.78 is 7.92. The lowest BCUT2D eigenvalue weighted by atomic mass is 10.0. The Morgan fingerprint density at radius 3 is 2.61 bits per heavy atom. The molecule has 0 unspecified atom stereocenters. The van der Waals surface area contributed by atoms with Gasteiger partial charge < -0.3 is 9.30 Å². The zero-order valence-electron chi connectivity index (χ0n) is 16.1. The van der Waals surface area contributed by atoms with E-state index >= 15 is 0 Å². The highest BCUT2D eigenvalue weighted by Crippen LogP contribution is 2.36. The van der Waals surface area contributed by atoms with Crippen molar-refractivity contribution in [3.63, 3.8) is 0 Å². The van der Waals surface area contributed by atoms with Gasteiger partial charge >= 0.3 is 0 Å². The molecule has 0 aliphatic rings. The summed E-state index contributed by atoms with van der Waals surface area (Å²) in [5.41, 5.74) is 5.96. The van der Waals surface area contributed by atoms with Gasteiger partial charge in [-0.25, -0.2) is 4.98 Å². The van der Waals surface area contributed by atoms with Crippen molar-refractivity contribution in [2.75, 3.05) is 6.61 Å². The van der Waals surface area contributed by atoms with E-state index in [0.29, 0.717) is 18.7 Å². The average molecular weight is 370 g/mol. The molecule has 2 aromatic carbocycles. The van der Waals surface area contributed by atoms with Crippen molar-refractivity contribution in [1.82, 2.24) is 9.55 Å². The van der Waals surface area contributed by atoms with Crippen molar-refractivity contribution in [2.45, 2.75) is 13.3 Å². The van der Waals surface area contributed by atoms with Gasteiger partial charge in [0, 0.05) is 30.6 Å². The lowest BCUT2D eigenvalue weighted by molar-refractivity contribution is 0.111. The Morgan fingerprint density at radius 2 is 1.86 bits per heavy atom. The van der Waals surface area contributed by atoms with Crippen LogP contribution in [0.3, 0.4) is 0 Å². The first kappa shape index (κ1) is 18.0. The molecule has 0 radical (unpaired) electrons. The topological polar surface area (TPSA) is 44.1 Å². The van der Waals surface area contributed by atoms with E-state index in [0.717, 1.165) is 34.5 Å². The van der Waals surface area contributed by atoms with Crippen LogP contribution in [0.4, 0.5) is 0 Å². The van der Waals surface area contributed by atoms with E-state index in [2.05, 4.69) is 40.9 Å². The Kier molecular flexibility index (Phi) is 4.94. The number of fused-ring (bicyclic) bond motifs is 1. The third-order valence-corrected chi connectivity index (χ3v) is 4.94. The highest BCUT2D eigenvalue weighted by molar-refractivity contribution is 5.93. The highest BCUT2D eigenvalue weighted by atomic mass is 16.5. The minimum Gasteiger partial charge on any atom is -0.494 e. The Bertz CT molecular complexity index is 1130. The molecule has 4 rings (SSSR count). The van der Waals surface area contributed by atoms with Crippen LogP contribution in [0.5, 0.6) is 5.75 Å². The molecule has 4 aromatic rings. The number of pyridine rings is 1. The zero-order chi connectivity index (χ0) is 19.5. The molecule has 28 heavy (non-hydrogen) atoms. The molecule has 0 N–H and O–H groups in total. The van der Waals surface area contributed by atoms with Gasteiger partial charge in [-0.3, -0.25) is 4.79 Å². The number of hydrogen-bond acceptors (Lipinski definition) is 3. The number of aryl methyl sites for hydroxylation is 1. The summed E-state index contributed by atoms with van der Waals surface area (Å²) in [5.74, 6) is 0.864. The minimum atomic E-state index is 0.456. The molecule has 0 atom stereocenters. The maximum atomic E-state index is 11.1. The molecule has 4 heteroatoms. The van der Waals surface area contributed by atoms with Gasteiger partial charge in [-0.15, -0.1) is 0 Å². The van der Waals surface area contributed by atoms with Crippen LogP contribution in [-0.2, 0) is 13.5 Å². The monoisotopic (exact) mass is 370 g/mol. The summed E-state index contributed by atoms with van der Waals surface area (Å²) in [4.78, 5) is 15.6. The Morgan fingerprint density at radius 1 is 1.04 bits per heavy atom. The fraction of sp³-hybridized carbons (Fsp3) is 0.167. The molecule has 2 aromatic heterocycles. The number of carbonyl (C=O) groups is 1. The Labute approximate surface area is 164 Å². The predicted octanol–water partition coefficient (Wildman–Crippen LogP) is 5.04. The molecular formula is C24H22N2O2. The Hall–Kier alpha value is -3.40. The van der Waals surface area contributed by atoms with Gasteiger partial charge in [-0.1, -0.05) is 36.4 Å². The smallest absolute Gasteiger partial charge is 0.168 e. The highest BCUT2D eigenvalue weighted by Gasteiger charge is 2.18. The number of aldehydes is 1. The van der Waals surface area contributed by atoms with Crippen LogP contribution < -0.4 is 4.74 Å². The number of aromatic nitrogens is 2. The summed E-state index contributed by atoms with van der Waals surface area (Å²) in [6, 6.07) is 22.2. The molecule has 140 valence electrons. The average Bonchev–Trinajstić information content (AvgIpc) is 3.00. The second-order valence-electron chi connectivity index (χ2n) is 6.71. The fourth-order valence-electron chi connectivity index (χ4n) is 3.74. The summed E-state index contributed by atoms with van der Waals surface area (Å²) >= 11 is 0. The van der Waals surface area contributed by atoms with Gasteiger partial charge in [0.05, 0.1) is 17.8 Å². The first-order chi connectivity index (χ1) is 13.7. The zero-order valence-corrected chi connectivity index (χ0v) is 16.1. The molecule has 4 nitrogen and oxygen atoms in total. The van der Waals surface area contributed by atoms with Gasteiger partial charge in [0.1, 0.15) is 11.4 Å². The van der Waals surface area contributed by atoms with Crippen LogP contribution in [-0.4, -0.2) is 22.4 Å². The van der Waals surface area contributed by atoms with Crippen molar-refractivity contribution >= 4 is 17.2 Å². The van der Waals surface area contributed by atoms with Crippen molar-refractivity contribution in [2.24, 2.45) is 7.05 Å². The van der Waals surface area contributed by atoms with E-state index in [1.54, 1.807) is 6.07 Å². The second-order valence-corrected chi connectivity index (χ2v) is 6.71. The van der Waals surface area contributed by atoms with E-state index in [1.807, 2.05) is 43.3 Å². The number of ether oxygens (including phenoxy) is 1. The molecular weight excluding hydrogens is 348 g/mol. The lowest BCUT2D eigenvalue weighted by Crippen LogP contribution is -1.98. The standard InChI is InChI=1S/C24H22N2O2/c1-3-28-20-12-13-21-22(14-18-10-7-11-19(16-27)25-18)24(26(2)23(21)15-20)17-8-5-4-6-9-17/h4-13,15-16H,3,14H2,1-2H3. The van der Waals surface area contributed by atoms with Crippen LogP contribution in [0.2, 0.25) is 0 Å². The van der Waals surface area contributed by atoms with E-state index in [1.165, 1.54) is 10.9 Å². The number of hydrogen-bond donors (Lipinski definition) is 0. The van der Waals surface area contributed by atoms with Gasteiger partial charge in [0.25, 0.3) is 0 Å². The minimum absolute atomic E-state index is 0.456. The van der Waals surface area contributed by atoms with Crippen molar-refractivity contribution in [3.05, 3.63) is 83.7 Å². The van der Waals surface area contributed by atoms with Gasteiger partial charge in [0.15, 0.2) is 6.29 Å². The van der Waals surface area contributed by atoms with Crippen molar-refractivity contribution in [1.29, 1.82) is 0 Å². The lowest BCUT2D eigenvalue weighted by Gasteiger charge is -2.09. The van der Waals surface area contributed by atoms with Crippen LogP contribution in [0.15, 0.2) is 66.7 Å². The second kappa shape index (κ2) is 7.69. The van der Waals surface area contributed by atoms with Gasteiger partial charge in [0.2, 0.25) is 0 Å². The number of carbonyl (C=O) groups excluding carboxylic acids is 1. The maximum absolute atomic E-state index is 11.1. The van der Waals surface area contributed by atoms with Crippen LogP contribution in [0, 0.1) is 0 Å². The quantitative estimate of drug-likeness (QED) is 0.447. The molecule has 0 aliphatic heterocycles. The van der Waals surface area contributed by atoms with Crippen molar-refractivity contribution < 1.29 is 9.53 Å². The predicted molar refractivity (Wildman–Crippen MR) is 112 cm³/mol. The summed E-state index contributed by atoms with van der Waals surface area (Å²) in [5, 5.41) is 1.17. The van der Waals surface area contributed by atoms with Crippen molar-refractivity contribution in [3.8, 4) is 17.0 Å². The normalized spacial score (nSPS) is 10.9. The molecule has 0 saturated heterocycles. The molecule has 0 aliphatic carbocycles. The first-order valence-corrected chi connectivity index (χ1v) is 9.42. The Balaban J connectivity index is 1.92. The van der Waals surface area contributed by atoms with Crippen LogP contribution in [0.25, 0.3) is 22.2 Å². The maximum Gasteiger partial charge on any atom is 0.168 e. The molecule has 2 heterocycles. The largest absolute Gasteiger partial charge is 0.494 e. The molecule has 0 amide bonds. The van der Waals surface area contributed by atoms with Crippen LogP contribution >= 0.6 is 0 Å². The van der Waals surface area contributed by atoms with Gasteiger partial charge in [-0.05, 0) is 42.3 Å². The van der Waals surface area contributed by atoms with E-state index < -0.39 is 0 Å². The number of nitrogens with zero attached hydrogens (tertiary/aromatic N) is 2. The summed E-state index contributed by atoms with van der Waals surface area (Å²) in [7, 11) is 2.08. The molecule has 0 saturated carbocycles. The SMILES string of the molecule is CCOc1ccc2c(Cc3cccc(C=O)n3)c(-c3ccccc3)n(C)c2c1. The molecule has 0 spiro atoms. The van der Waals surface area contributed by atoms with E-state index in [9.17, 15) is 4.79 Å². The number of rotatable bonds is 6. The third-order valence-electron chi connectivity index (χ3n) is 4.94. The summed E-state index contributed by atoms with van der Waals surface area (Å²) in [6.45, 7) is 2.62. The van der Waals surface area contributed by atoms with E-state index in [4.69, 9.17) is 4.74 Å². The fourth-order valence-corrected chi connectivity index (χ4v) is 3.74. The van der Waals surface area contributed by atoms with E-state index in [-0.39, 0.29) is 0 Å². The number of benzene rings is 2. The molecule has 0 fully saturated rings.